The van der Waals surface area contributed by atoms with Crippen LogP contribution >= 0.6 is 0 Å². The van der Waals surface area contributed by atoms with Crippen LogP contribution in [0.4, 0.5) is 0 Å². The number of ether oxygens (including phenoxy) is 3. The van der Waals surface area contributed by atoms with E-state index in [9.17, 15) is 4.79 Å². The summed E-state index contributed by atoms with van der Waals surface area (Å²) >= 11 is 0. The maximum atomic E-state index is 12.4. The van der Waals surface area contributed by atoms with E-state index in [-0.39, 0.29) is 12.0 Å². The number of hydrogen-bond acceptors (Lipinski definition) is 4. The Morgan fingerprint density at radius 2 is 1.67 bits per heavy atom. The molecule has 5 nitrogen and oxygen atoms in total. The number of carbonyl (C=O) groups excluding carboxylic acids is 1. The monoisotopic (exact) mass is 329 g/mol. The smallest absolute Gasteiger partial charge is 0.255 e. The van der Waals surface area contributed by atoms with E-state index in [1.807, 2.05) is 38.1 Å². The highest BCUT2D eigenvalue weighted by atomic mass is 16.5. The molecule has 2 aromatic rings. The van der Waals surface area contributed by atoms with Crippen molar-refractivity contribution in [3.05, 3.63) is 53.6 Å². The van der Waals surface area contributed by atoms with Crippen LogP contribution < -0.4 is 19.5 Å². The van der Waals surface area contributed by atoms with E-state index in [0.29, 0.717) is 23.6 Å². The van der Waals surface area contributed by atoms with E-state index in [0.717, 1.165) is 11.3 Å². The topological polar surface area (TPSA) is 56.8 Å². The van der Waals surface area contributed by atoms with Crippen LogP contribution in [0.25, 0.3) is 0 Å². The van der Waals surface area contributed by atoms with Crippen LogP contribution in [0.1, 0.15) is 29.8 Å². The van der Waals surface area contributed by atoms with Crippen LogP contribution in [0.5, 0.6) is 17.2 Å². The van der Waals surface area contributed by atoms with Crippen LogP contribution in [-0.4, -0.2) is 26.2 Å². The Morgan fingerprint density at radius 3 is 2.25 bits per heavy atom. The molecule has 2 rings (SSSR count). The average Bonchev–Trinajstić information content (AvgIpc) is 2.59. The first-order valence-electron chi connectivity index (χ1n) is 7.79. The maximum Gasteiger partial charge on any atom is 0.255 e. The molecule has 128 valence electrons. The fraction of sp³-hybridized carbons (Fsp3) is 0.316. The van der Waals surface area contributed by atoms with Crippen LogP contribution in [0.15, 0.2) is 42.5 Å². The van der Waals surface area contributed by atoms with Gasteiger partial charge >= 0.3 is 0 Å². The van der Waals surface area contributed by atoms with Gasteiger partial charge < -0.3 is 19.5 Å². The average molecular weight is 329 g/mol. The van der Waals surface area contributed by atoms with Crippen molar-refractivity contribution in [1.82, 2.24) is 5.32 Å². The van der Waals surface area contributed by atoms with Crippen LogP contribution in [0, 0.1) is 0 Å². The summed E-state index contributed by atoms with van der Waals surface area (Å²) < 4.78 is 16.0. The van der Waals surface area contributed by atoms with Crippen LogP contribution in [0.2, 0.25) is 0 Å². The fourth-order valence-electron chi connectivity index (χ4n) is 2.22. The fourth-order valence-corrected chi connectivity index (χ4v) is 2.22. The summed E-state index contributed by atoms with van der Waals surface area (Å²) in [7, 11) is 3.10. The van der Waals surface area contributed by atoms with E-state index in [1.54, 1.807) is 25.3 Å². The Bertz CT molecular complexity index is 680. The van der Waals surface area contributed by atoms with Gasteiger partial charge in [-0.2, -0.15) is 0 Å². The second kappa shape index (κ2) is 8.24. The highest BCUT2D eigenvalue weighted by Crippen LogP contribution is 2.24. The largest absolute Gasteiger partial charge is 0.497 e. The molecule has 24 heavy (non-hydrogen) atoms. The van der Waals surface area contributed by atoms with Gasteiger partial charge in [-0.25, -0.2) is 0 Å². The minimum absolute atomic E-state index is 0.137. The minimum Gasteiger partial charge on any atom is -0.497 e. The highest BCUT2D eigenvalue weighted by Gasteiger charge is 2.13. The molecule has 0 aliphatic heterocycles. The molecule has 0 saturated heterocycles. The summed E-state index contributed by atoms with van der Waals surface area (Å²) in [6, 6.07) is 12.8. The Morgan fingerprint density at radius 1 is 1.00 bits per heavy atom. The zero-order valence-corrected chi connectivity index (χ0v) is 14.5. The van der Waals surface area contributed by atoms with Crippen molar-refractivity contribution in [3.8, 4) is 17.2 Å². The van der Waals surface area contributed by atoms with Gasteiger partial charge in [0, 0.05) is 12.6 Å². The zero-order valence-electron chi connectivity index (χ0n) is 14.5. The quantitative estimate of drug-likeness (QED) is 0.845. The SMILES string of the molecule is COc1ccc(C(=O)NCc2ccc(OC(C)C)cc2)c(OC)c1. The predicted molar refractivity (Wildman–Crippen MR) is 92.9 cm³/mol. The van der Waals surface area contributed by atoms with Gasteiger partial charge in [-0.3, -0.25) is 4.79 Å². The molecule has 0 aromatic heterocycles. The minimum atomic E-state index is -0.197. The zero-order chi connectivity index (χ0) is 17.5. The molecule has 1 amide bonds. The lowest BCUT2D eigenvalue weighted by Crippen LogP contribution is -2.23. The molecule has 0 spiro atoms. The number of rotatable bonds is 7. The molecular formula is C19H23NO4. The van der Waals surface area contributed by atoms with Crippen LogP contribution in [-0.2, 0) is 6.54 Å². The molecule has 0 bridgehead atoms. The maximum absolute atomic E-state index is 12.4. The van der Waals surface area contributed by atoms with Gasteiger partial charge in [0.1, 0.15) is 17.2 Å². The Hall–Kier alpha value is -2.69. The van der Waals surface area contributed by atoms with Crippen molar-refractivity contribution in [2.24, 2.45) is 0 Å². The van der Waals surface area contributed by atoms with Crippen molar-refractivity contribution in [2.45, 2.75) is 26.5 Å². The number of carbonyl (C=O) groups is 1. The van der Waals surface area contributed by atoms with Gasteiger partial charge in [-0.1, -0.05) is 12.1 Å². The molecule has 0 atom stereocenters. The molecule has 0 aliphatic carbocycles. The lowest BCUT2D eigenvalue weighted by Gasteiger charge is -2.12. The third kappa shape index (κ3) is 4.65. The highest BCUT2D eigenvalue weighted by molar-refractivity contribution is 5.97. The first kappa shape index (κ1) is 17.7. The first-order chi connectivity index (χ1) is 11.5. The first-order valence-corrected chi connectivity index (χ1v) is 7.79. The molecule has 2 aromatic carbocycles. The number of hydrogen-bond donors (Lipinski definition) is 1. The standard InChI is InChI=1S/C19H23NO4/c1-13(2)24-15-7-5-14(6-8-15)12-20-19(21)17-10-9-16(22-3)11-18(17)23-4/h5-11,13H,12H2,1-4H3,(H,20,21). The third-order valence-corrected chi connectivity index (χ3v) is 3.40. The molecular weight excluding hydrogens is 306 g/mol. The van der Waals surface area contributed by atoms with Gasteiger partial charge in [0.2, 0.25) is 0 Å². The van der Waals surface area contributed by atoms with Gasteiger partial charge in [0.15, 0.2) is 0 Å². The Labute approximate surface area is 142 Å². The van der Waals surface area contributed by atoms with Gasteiger partial charge in [-0.15, -0.1) is 0 Å². The number of benzene rings is 2. The lowest BCUT2D eigenvalue weighted by atomic mass is 10.1. The van der Waals surface area contributed by atoms with Gasteiger partial charge in [0.05, 0.1) is 25.9 Å². The molecule has 0 saturated carbocycles. The van der Waals surface area contributed by atoms with E-state index < -0.39 is 0 Å². The van der Waals surface area contributed by atoms with Crippen molar-refractivity contribution >= 4 is 5.91 Å². The van der Waals surface area contributed by atoms with Gasteiger partial charge in [-0.05, 0) is 43.7 Å². The molecule has 0 radical (unpaired) electrons. The summed E-state index contributed by atoms with van der Waals surface area (Å²) in [5, 5.41) is 2.89. The van der Waals surface area contributed by atoms with Crippen molar-refractivity contribution in [2.75, 3.05) is 14.2 Å². The van der Waals surface area contributed by atoms with Crippen molar-refractivity contribution < 1.29 is 19.0 Å². The Balaban J connectivity index is 2.00. The second-order valence-corrected chi connectivity index (χ2v) is 5.56. The van der Waals surface area contributed by atoms with Crippen molar-refractivity contribution in [1.29, 1.82) is 0 Å². The molecule has 0 unspecified atom stereocenters. The lowest BCUT2D eigenvalue weighted by molar-refractivity contribution is 0.0948. The summed E-state index contributed by atoms with van der Waals surface area (Å²) in [6.07, 6.45) is 0.137. The normalized spacial score (nSPS) is 10.4. The van der Waals surface area contributed by atoms with Crippen LogP contribution in [0.3, 0.4) is 0 Å². The van der Waals surface area contributed by atoms with Crippen molar-refractivity contribution in [3.63, 3.8) is 0 Å². The van der Waals surface area contributed by atoms with E-state index in [1.165, 1.54) is 7.11 Å². The summed E-state index contributed by atoms with van der Waals surface area (Å²) in [4.78, 5) is 12.4. The number of methoxy groups -OCH3 is 2. The molecule has 1 N–H and O–H groups in total. The molecule has 0 heterocycles. The number of nitrogens with one attached hydrogen (secondary N) is 1. The van der Waals surface area contributed by atoms with E-state index in [4.69, 9.17) is 14.2 Å². The predicted octanol–water partition coefficient (Wildman–Crippen LogP) is 3.42. The number of amides is 1. The van der Waals surface area contributed by atoms with E-state index in [2.05, 4.69) is 5.32 Å². The Kier molecular flexibility index (Phi) is 6.07. The molecule has 0 fully saturated rings. The van der Waals surface area contributed by atoms with E-state index >= 15 is 0 Å². The third-order valence-electron chi connectivity index (χ3n) is 3.40. The summed E-state index contributed by atoms with van der Waals surface area (Å²) in [5.41, 5.74) is 1.46. The van der Waals surface area contributed by atoms with Gasteiger partial charge in [0.25, 0.3) is 5.91 Å². The second-order valence-electron chi connectivity index (χ2n) is 5.56. The molecule has 5 heteroatoms. The molecule has 0 aliphatic rings. The summed E-state index contributed by atoms with van der Waals surface area (Å²) in [5.74, 6) is 1.74. The summed E-state index contributed by atoms with van der Waals surface area (Å²) in [6.45, 7) is 4.39.